The van der Waals surface area contributed by atoms with Crippen molar-refractivity contribution in [2.45, 2.75) is 64.6 Å². The van der Waals surface area contributed by atoms with E-state index < -0.39 is 5.60 Å². The standard InChI is InChI=1S/C17H28N2O/c1-14(2)19(12-16-5-4-10-18-11-16)13-17(20)8-6-15(3)7-9-17/h4-5,10-11,14-15,20H,6-9,12-13H2,1-3H3. The van der Waals surface area contributed by atoms with Gasteiger partial charge in [-0.1, -0.05) is 13.0 Å². The van der Waals surface area contributed by atoms with E-state index in [9.17, 15) is 5.11 Å². The Labute approximate surface area is 123 Å². The van der Waals surface area contributed by atoms with E-state index in [-0.39, 0.29) is 0 Å². The molecule has 1 fully saturated rings. The first-order chi connectivity index (χ1) is 9.48. The number of pyridine rings is 1. The van der Waals surface area contributed by atoms with Gasteiger partial charge in [-0.05, 0) is 57.1 Å². The Morgan fingerprint density at radius 1 is 1.40 bits per heavy atom. The normalized spacial score (nSPS) is 27.2. The zero-order chi connectivity index (χ0) is 14.6. The van der Waals surface area contributed by atoms with Crippen LogP contribution < -0.4 is 0 Å². The Bertz CT molecular complexity index is 397. The predicted octanol–water partition coefficient (Wildman–Crippen LogP) is 3.23. The second kappa shape index (κ2) is 6.68. The SMILES string of the molecule is CC1CCC(O)(CN(Cc2cccnc2)C(C)C)CC1. The molecule has 0 radical (unpaired) electrons. The largest absolute Gasteiger partial charge is 0.389 e. The summed E-state index contributed by atoms with van der Waals surface area (Å²) < 4.78 is 0. The Hall–Kier alpha value is -0.930. The Morgan fingerprint density at radius 3 is 2.65 bits per heavy atom. The lowest BCUT2D eigenvalue weighted by Gasteiger charge is -2.40. The minimum atomic E-state index is -0.501. The summed E-state index contributed by atoms with van der Waals surface area (Å²) in [5.41, 5.74) is 0.716. The van der Waals surface area contributed by atoms with Gasteiger partial charge in [0, 0.05) is 31.5 Å². The van der Waals surface area contributed by atoms with Crippen LogP contribution in [0.2, 0.25) is 0 Å². The summed E-state index contributed by atoms with van der Waals surface area (Å²) >= 11 is 0. The van der Waals surface area contributed by atoms with E-state index in [0.717, 1.165) is 44.7 Å². The molecule has 0 spiro atoms. The van der Waals surface area contributed by atoms with Crippen LogP contribution in [0.4, 0.5) is 0 Å². The third-order valence-corrected chi connectivity index (χ3v) is 4.54. The molecule has 112 valence electrons. The summed E-state index contributed by atoms with van der Waals surface area (Å²) in [5.74, 6) is 0.765. The molecule has 20 heavy (non-hydrogen) atoms. The predicted molar refractivity (Wildman–Crippen MR) is 82.4 cm³/mol. The lowest BCUT2D eigenvalue weighted by Crippen LogP contribution is -2.47. The maximum absolute atomic E-state index is 10.8. The number of hydrogen-bond acceptors (Lipinski definition) is 3. The second-order valence-corrected chi connectivity index (χ2v) is 6.77. The second-order valence-electron chi connectivity index (χ2n) is 6.77. The van der Waals surface area contributed by atoms with Gasteiger partial charge in [0.25, 0.3) is 0 Å². The van der Waals surface area contributed by atoms with Gasteiger partial charge in [-0.15, -0.1) is 0 Å². The van der Waals surface area contributed by atoms with Crippen molar-refractivity contribution in [2.24, 2.45) is 5.92 Å². The van der Waals surface area contributed by atoms with Crippen LogP contribution in [-0.4, -0.2) is 33.2 Å². The summed E-state index contributed by atoms with van der Waals surface area (Å²) in [6.07, 6.45) is 7.89. The maximum atomic E-state index is 10.8. The lowest BCUT2D eigenvalue weighted by molar-refractivity contribution is -0.0432. The first kappa shape index (κ1) is 15.5. The van der Waals surface area contributed by atoms with Crippen LogP contribution in [0.3, 0.4) is 0 Å². The van der Waals surface area contributed by atoms with Crippen molar-refractivity contribution in [3.63, 3.8) is 0 Å². The monoisotopic (exact) mass is 276 g/mol. The minimum absolute atomic E-state index is 0.429. The molecule has 1 aromatic heterocycles. The van der Waals surface area contributed by atoms with Gasteiger partial charge in [0.1, 0.15) is 0 Å². The highest BCUT2D eigenvalue weighted by atomic mass is 16.3. The van der Waals surface area contributed by atoms with Crippen molar-refractivity contribution in [3.8, 4) is 0 Å². The average Bonchev–Trinajstić information content (AvgIpc) is 2.43. The highest BCUT2D eigenvalue weighted by Gasteiger charge is 2.34. The van der Waals surface area contributed by atoms with Crippen molar-refractivity contribution in [2.75, 3.05) is 6.54 Å². The van der Waals surface area contributed by atoms with Gasteiger partial charge < -0.3 is 5.11 Å². The Morgan fingerprint density at radius 2 is 2.10 bits per heavy atom. The third kappa shape index (κ3) is 4.29. The first-order valence-corrected chi connectivity index (χ1v) is 7.84. The van der Waals surface area contributed by atoms with E-state index in [1.165, 1.54) is 5.56 Å². The molecule has 1 saturated carbocycles. The molecule has 0 bridgehead atoms. The van der Waals surface area contributed by atoms with Crippen molar-refractivity contribution < 1.29 is 5.11 Å². The van der Waals surface area contributed by atoms with Crippen molar-refractivity contribution in [3.05, 3.63) is 30.1 Å². The Kier molecular flexibility index (Phi) is 5.17. The van der Waals surface area contributed by atoms with E-state index in [0.29, 0.717) is 6.04 Å². The molecular weight excluding hydrogens is 248 g/mol. The van der Waals surface area contributed by atoms with Gasteiger partial charge in [-0.2, -0.15) is 0 Å². The molecule has 1 heterocycles. The maximum Gasteiger partial charge on any atom is 0.0774 e. The molecule has 1 N–H and O–H groups in total. The van der Waals surface area contributed by atoms with Crippen LogP contribution in [0, 0.1) is 5.92 Å². The molecule has 0 amide bonds. The quantitative estimate of drug-likeness (QED) is 0.897. The van der Waals surface area contributed by atoms with E-state index >= 15 is 0 Å². The molecule has 1 aromatic rings. The van der Waals surface area contributed by atoms with E-state index in [2.05, 4.69) is 36.7 Å². The van der Waals surface area contributed by atoms with Crippen LogP contribution >= 0.6 is 0 Å². The summed E-state index contributed by atoms with van der Waals surface area (Å²) in [6, 6.07) is 4.51. The zero-order valence-electron chi connectivity index (χ0n) is 13.0. The molecule has 1 aliphatic carbocycles. The summed E-state index contributed by atoms with van der Waals surface area (Å²) in [5, 5.41) is 10.8. The van der Waals surface area contributed by atoms with Gasteiger partial charge in [0.15, 0.2) is 0 Å². The van der Waals surface area contributed by atoms with Crippen LogP contribution in [0.25, 0.3) is 0 Å². The smallest absolute Gasteiger partial charge is 0.0774 e. The van der Waals surface area contributed by atoms with E-state index in [4.69, 9.17) is 0 Å². The topological polar surface area (TPSA) is 36.4 Å². The van der Waals surface area contributed by atoms with E-state index in [1.807, 2.05) is 12.3 Å². The zero-order valence-corrected chi connectivity index (χ0v) is 13.0. The van der Waals surface area contributed by atoms with Gasteiger partial charge >= 0.3 is 0 Å². The summed E-state index contributed by atoms with van der Waals surface area (Å²) in [7, 11) is 0. The van der Waals surface area contributed by atoms with Gasteiger partial charge in [-0.3, -0.25) is 9.88 Å². The summed E-state index contributed by atoms with van der Waals surface area (Å²) in [6.45, 7) is 8.32. The number of hydrogen-bond donors (Lipinski definition) is 1. The summed E-state index contributed by atoms with van der Waals surface area (Å²) in [4.78, 5) is 6.55. The lowest BCUT2D eigenvalue weighted by atomic mass is 9.79. The fraction of sp³-hybridized carbons (Fsp3) is 0.706. The third-order valence-electron chi connectivity index (χ3n) is 4.54. The molecule has 3 heteroatoms. The minimum Gasteiger partial charge on any atom is -0.389 e. The number of rotatable bonds is 5. The van der Waals surface area contributed by atoms with Crippen LogP contribution in [0.15, 0.2) is 24.5 Å². The fourth-order valence-corrected chi connectivity index (χ4v) is 2.98. The molecule has 0 unspecified atom stereocenters. The van der Waals surface area contributed by atoms with Crippen molar-refractivity contribution in [1.29, 1.82) is 0 Å². The molecule has 0 aromatic carbocycles. The van der Waals surface area contributed by atoms with Crippen LogP contribution in [0.1, 0.15) is 52.0 Å². The average molecular weight is 276 g/mol. The van der Waals surface area contributed by atoms with Crippen LogP contribution in [0.5, 0.6) is 0 Å². The number of aliphatic hydroxyl groups is 1. The van der Waals surface area contributed by atoms with Crippen molar-refractivity contribution in [1.82, 2.24) is 9.88 Å². The highest BCUT2D eigenvalue weighted by Crippen LogP contribution is 2.33. The molecule has 0 aliphatic heterocycles. The molecular formula is C17H28N2O. The number of aromatic nitrogens is 1. The molecule has 0 saturated heterocycles. The fourth-order valence-electron chi connectivity index (χ4n) is 2.98. The molecule has 2 rings (SSSR count). The van der Waals surface area contributed by atoms with Gasteiger partial charge in [-0.25, -0.2) is 0 Å². The van der Waals surface area contributed by atoms with Gasteiger partial charge in [0.05, 0.1) is 5.60 Å². The first-order valence-electron chi connectivity index (χ1n) is 7.84. The Balaban J connectivity index is 1.99. The molecule has 1 aliphatic rings. The van der Waals surface area contributed by atoms with Crippen LogP contribution in [-0.2, 0) is 6.54 Å². The van der Waals surface area contributed by atoms with Crippen molar-refractivity contribution >= 4 is 0 Å². The van der Waals surface area contributed by atoms with Gasteiger partial charge in [0.2, 0.25) is 0 Å². The highest BCUT2D eigenvalue weighted by molar-refractivity contribution is 5.08. The molecule has 0 atom stereocenters. The number of nitrogens with zero attached hydrogens (tertiary/aromatic N) is 2. The van der Waals surface area contributed by atoms with E-state index in [1.54, 1.807) is 6.20 Å². The molecule has 3 nitrogen and oxygen atoms in total.